The SMILES string of the molecule is O=C1c2ccccc2NC(c2ccccn2)N1c1ccc(OC(F)F)cc1. The van der Waals surface area contributed by atoms with Gasteiger partial charge in [0.05, 0.1) is 11.3 Å². The summed E-state index contributed by atoms with van der Waals surface area (Å²) in [6.45, 7) is -2.90. The van der Waals surface area contributed by atoms with Crippen molar-refractivity contribution in [2.24, 2.45) is 0 Å². The van der Waals surface area contributed by atoms with Crippen LogP contribution in [0.1, 0.15) is 22.2 Å². The van der Waals surface area contributed by atoms with Crippen LogP contribution in [-0.4, -0.2) is 17.5 Å². The third kappa shape index (κ3) is 3.31. The molecular formula is C20H15F2N3O2. The molecule has 136 valence electrons. The zero-order valence-corrected chi connectivity index (χ0v) is 14.0. The largest absolute Gasteiger partial charge is 0.435 e. The number of nitrogens with zero attached hydrogens (tertiary/aromatic N) is 2. The van der Waals surface area contributed by atoms with Crippen molar-refractivity contribution in [3.05, 3.63) is 84.2 Å². The first-order chi connectivity index (χ1) is 13.1. The molecule has 1 aliphatic heterocycles. The number of aromatic nitrogens is 1. The summed E-state index contributed by atoms with van der Waals surface area (Å²) in [5, 5.41) is 3.33. The number of rotatable bonds is 4. The molecule has 1 unspecified atom stereocenters. The van der Waals surface area contributed by atoms with Gasteiger partial charge in [0.2, 0.25) is 0 Å². The fourth-order valence-corrected chi connectivity index (χ4v) is 3.05. The zero-order valence-electron chi connectivity index (χ0n) is 14.0. The lowest BCUT2D eigenvalue weighted by Gasteiger charge is -2.37. The molecule has 7 heteroatoms. The first-order valence-corrected chi connectivity index (χ1v) is 8.28. The summed E-state index contributed by atoms with van der Waals surface area (Å²) in [5.74, 6) is -0.177. The Morgan fingerprint density at radius 3 is 2.44 bits per heavy atom. The second-order valence-electron chi connectivity index (χ2n) is 5.89. The van der Waals surface area contributed by atoms with Crippen molar-refractivity contribution in [3.63, 3.8) is 0 Å². The minimum absolute atomic E-state index is 0.0287. The van der Waals surface area contributed by atoms with Crippen LogP contribution in [0.3, 0.4) is 0 Å². The van der Waals surface area contributed by atoms with Gasteiger partial charge in [-0.05, 0) is 48.5 Å². The smallest absolute Gasteiger partial charge is 0.387 e. The standard InChI is InChI=1S/C20H15F2N3O2/c21-20(22)27-14-10-8-13(9-11-14)25-18(17-7-3-4-12-23-17)24-16-6-2-1-5-15(16)19(25)26/h1-12,18,20,24H. The normalized spacial score (nSPS) is 16.0. The molecule has 4 rings (SSSR count). The van der Waals surface area contributed by atoms with Gasteiger partial charge in [0.1, 0.15) is 5.75 Å². The number of ether oxygens (including phenoxy) is 1. The fraction of sp³-hybridized carbons (Fsp3) is 0.100. The van der Waals surface area contributed by atoms with E-state index in [9.17, 15) is 13.6 Å². The molecule has 2 aromatic carbocycles. The van der Waals surface area contributed by atoms with Gasteiger partial charge < -0.3 is 10.1 Å². The van der Waals surface area contributed by atoms with Crippen molar-refractivity contribution in [3.8, 4) is 5.75 Å². The molecule has 0 bridgehead atoms. The molecule has 1 amide bonds. The van der Waals surface area contributed by atoms with Crippen molar-refractivity contribution >= 4 is 17.3 Å². The number of fused-ring (bicyclic) bond motifs is 1. The van der Waals surface area contributed by atoms with Crippen LogP contribution in [0.5, 0.6) is 5.75 Å². The molecule has 3 aromatic rings. The summed E-state index contributed by atoms with van der Waals surface area (Å²) < 4.78 is 29.1. The topological polar surface area (TPSA) is 54.5 Å². The molecule has 0 spiro atoms. The first-order valence-electron chi connectivity index (χ1n) is 8.28. The van der Waals surface area contributed by atoms with Crippen LogP contribution in [0.4, 0.5) is 20.2 Å². The molecule has 27 heavy (non-hydrogen) atoms. The molecule has 0 fully saturated rings. The van der Waals surface area contributed by atoms with Crippen LogP contribution in [0.15, 0.2) is 72.9 Å². The van der Waals surface area contributed by atoms with E-state index < -0.39 is 12.8 Å². The molecular weight excluding hydrogens is 352 g/mol. The lowest BCUT2D eigenvalue weighted by molar-refractivity contribution is -0.0498. The number of anilines is 2. The number of hydrogen-bond donors (Lipinski definition) is 1. The van der Waals surface area contributed by atoms with E-state index in [2.05, 4.69) is 15.0 Å². The number of hydrogen-bond acceptors (Lipinski definition) is 4. The summed E-state index contributed by atoms with van der Waals surface area (Å²) in [5.41, 5.74) is 2.44. The molecule has 0 saturated carbocycles. The van der Waals surface area contributed by atoms with E-state index >= 15 is 0 Å². The number of nitrogens with one attached hydrogen (secondary N) is 1. The maximum absolute atomic E-state index is 13.2. The van der Waals surface area contributed by atoms with Gasteiger partial charge in [0, 0.05) is 17.6 Å². The molecule has 5 nitrogen and oxygen atoms in total. The molecule has 0 aliphatic carbocycles. The third-order valence-electron chi connectivity index (χ3n) is 4.23. The monoisotopic (exact) mass is 367 g/mol. The van der Waals surface area contributed by atoms with Gasteiger partial charge in [-0.2, -0.15) is 8.78 Å². The number of carbonyl (C=O) groups is 1. The molecule has 1 N–H and O–H groups in total. The van der Waals surface area contributed by atoms with Crippen LogP contribution in [0.25, 0.3) is 0 Å². The van der Waals surface area contributed by atoms with Crippen molar-refractivity contribution < 1.29 is 18.3 Å². The lowest BCUT2D eigenvalue weighted by Crippen LogP contribution is -2.43. The third-order valence-corrected chi connectivity index (χ3v) is 4.23. The van der Waals surface area contributed by atoms with E-state index in [1.165, 1.54) is 12.1 Å². The number of alkyl halides is 2. The van der Waals surface area contributed by atoms with Crippen LogP contribution in [0, 0.1) is 0 Å². The Morgan fingerprint density at radius 2 is 1.74 bits per heavy atom. The first kappa shape index (κ1) is 17.0. The highest BCUT2D eigenvalue weighted by Crippen LogP contribution is 2.36. The van der Waals surface area contributed by atoms with Gasteiger partial charge in [0.25, 0.3) is 5.91 Å². The Kier molecular flexibility index (Phi) is 4.42. The lowest BCUT2D eigenvalue weighted by atomic mass is 10.0. The van der Waals surface area contributed by atoms with E-state index in [0.29, 0.717) is 22.6 Å². The fourth-order valence-electron chi connectivity index (χ4n) is 3.05. The summed E-state index contributed by atoms with van der Waals surface area (Å²) >= 11 is 0. The molecule has 1 atom stereocenters. The van der Waals surface area contributed by atoms with Gasteiger partial charge >= 0.3 is 6.61 Å². The van der Waals surface area contributed by atoms with E-state index in [1.54, 1.807) is 41.4 Å². The van der Waals surface area contributed by atoms with E-state index in [1.807, 2.05) is 24.3 Å². The Hall–Kier alpha value is -3.48. The van der Waals surface area contributed by atoms with Crippen molar-refractivity contribution in [1.29, 1.82) is 0 Å². The molecule has 0 saturated heterocycles. The second kappa shape index (κ2) is 7.03. The van der Waals surface area contributed by atoms with Crippen LogP contribution < -0.4 is 15.0 Å². The highest BCUT2D eigenvalue weighted by molar-refractivity contribution is 6.12. The van der Waals surface area contributed by atoms with Crippen molar-refractivity contribution in [2.75, 3.05) is 10.2 Å². The van der Waals surface area contributed by atoms with Gasteiger partial charge in [-0.3, -0.25) is 14.7 Å². The van der Waals surface area contributed by atoms with Gasteiger partial charge in [-0.25, -0.2) is 0 Å². The second-order valence-corrected chi connectivity index (χ2v) is 5.89. The van der Waals surface area contributed by atoms with E-state index in [-0.39, 0.29) is 11.7 Å². The number of halogens is 2. The minimum Gasteiger partial charge on any atom is -0.435 e. The number of pyridine rings is 1. The van der Waals surface area contributed by atoms with Crippen LogP contribution in [-0.2, 0) is 0 Å². The maximum atomic E-state index is 13.2. The summed E-state index contributed by atoms with van der Waals surface area (Å²) in [4.78, 5) is 19.1. The summed E-state index contributed by atoms with van der Waals surface area (Å²) in [6.07, 6.45) is 1.12. The van der Waals surface area contributed by atoms with Crippen LogP contribution in [0.2, 0.25) is 0 Å². The van der Waals surface area contributed by atoms with E-state index in [4.69, 9.17) is 0 Å². The number of amides is 1. The number of para-hydroxylation sites is 1. The van der Waals surface area contributed by atoms with Crippen molar-refractivity contribution in [1.82, 2.24) is 4.98 Å². The Bertz CT molecular complexity index is 949. The summed E-state index contributed by atoms with van der Waals surface area (Å²) in [6, 6.07) is 18.6. The molecule has 0 radical (unpaired) electrons. The van der Waals surface area contributed by atoms with Gasteiger partial charge in [0.15, 0.2) is 6.17 Å². The summed E-state index contributed by atoms with van der Waals surface area (Å²) in [7, 11) is 0. The highest BCUT2D eigenvalue weighted by atomic mass is 19.3. The number of benzene rings is 2. The Labute approximate surface area is 154 Å². The Morgan fingerprint density at radius 1 is 1.00 bits per heavy atom. The van der Waals surface area contributed by atoms with Gasteiger partial charge in [-0.1, -0.05) is 18.2 Å². The zero-order chi connectivity index (χ0) is 18.8. The Balaban J connectivity index is 1.76. The minimum atomic E-state index is -2.90. The van der Waals surface area contributed by atoms with Gasteiger partial charge in [-0.15, -0.1) is 0 Å². The molecule has 1 aliphatic rings. The maximum Gasteiger partial charge on any atom is 0.387 e. The number of carbonyl (C=O) groups excluding carboxylic acids is 1. The van der Waals surface area contributed by atoms with E-state index in [0.717, 1.165) is 0 Å². The van der Waals surface area contributed by atoms with Crippen molar-refractivity contribution in [2.45, 2.75) is 12.8 Å². The predicted molar refractivity (Wildman–Crippen MR) is 96.9 cm³/mol. The van der Waals surface area contributed by atoms with Crippen LogP contribution >= 0.6 is 0 Å². The highest BCUT2D eigenvalue weighted by Gasteiger charge is 2.34. The average molecular weight is 367 g/mol. The quantitative estimate of drug-likeness (QED) is 0.740. The molecule has 1 aromatic heterocycles. The molecule has 2 heterocycles. The average Bonchev–Trinajstić information content (AvgIpc) is 2.69. The predicted octanol–water partition coefficient (Wildman–Crippen LogP) is 4.45.